The second-order valence-corrected chi connectivity index (χ2v) is 9.51. The van der Waals surface area contributed by atoms with Crippen LogP contribution in [0.1, 0.15) is 24.1 Å². The number of nitro benzene ring substituents is 1. The molecule has 3 aromatic carbocycles. The zero-order valence-electron chi connectivity index (χ0n) is 18.3. The van der Waals surface area contributed by atoms with E-state index in [0.29, 0.717) is 5.56 Å². The number of sulfonamides is 1. The van der Waals surface area contributed by atoms with Gasteiger partial charge in [-0.2, -0.15) is 0 Å². The minimum Gasteiger partial charge on any atom is -0.482 e. The van der Waals surface area contributed by atoms with Crippen LogP contribution in [-0.2, 0) is 14.8 Å². The van der Waals surface area contributed by atoms with E-state index in [1.54, 1.807) is 6.92 Å². The Morgan fingerprint density at radius 3 is 2.47 bits per heavy atom. The summed E-state index contributed by atoms with van der Waals surface area (Å²) in [6.45, 7) is 2.82. The Labute approximate surface area is 201 Å². The molecule has 0 saturated carbocycles. The van der Waals surface area contributed by atoms with Gasteiger partial charge in [0.2, 0.25) is 10.0 Å². The monoisotopic (exact) mass is 503 g/mol. The Bertz CT molecular complexity index is 1320. The first-order valence-electron chi connectivity index (χ1n) is 10.1. The summed E-state index contributed by atoms with van der Waals surface area (Å²) < 4.78 is 33.5. The quantitative estimate of drug-likeness (QED) is 0.324. The predicted octanol–water partition coefficient (Wildman–Crippen LogP) is 4.61. The highest BCUT2D eigenvalue weighted by Crippen LogP contribution is 2.29. The van der Waals surface area contributed by atoms with Gasteiger partial charge in [-0.3, -0.25) is 14.9 Å². The van der Waals surface area contributed by atoms with Crippen LogP contribution in [0.3, 0.4) is 0 Å². The molecule has 0 fully saturated rings. The van der Waals surface area contributed by atoms with E-state index in [0.717, 1.165) is 5.56 Å². The average Bonchev–Trinajstić information content (AvgIpc) is 2.79. The molecule has 0 saturated heterocycles. The summed E-state index contributed by atoms with van der Waals surface area (Å²) in [6.07, 6.45) is 0. The molecule has 34 heavy (non-hydrogen) atoms. The number of hydrogen-bond acceptors (Lipinski definition) is 6. The van der Waals surface area contributed by atoms with Gasteiger partial charge in [-0.1, -0.05) is 48.0 Å². The summed E-state index contributed by atoms with van der Waals surface area (Å²) >= 11 is 6.19. The van der Waals surface area contributed by atoms with Gasteiger partial charge in [0.05, 0.1) is 26.1 Å². The van der Waals surface area contributed by atoms with Crippen molar-refractivity contribution in [3.63, 3.8) is 0 Å². The topological polar surface area (TPSA) is 128 Å². The van der Waals surface area contributed by atoms with E-state index in [9.17, 15) is 23.3 Å². The van der Waals surface area contributed by atoms with E-state index in [-0.39, 0.29) is 27.0 Å². The number of carbonyl (C=O) groups excluding carboxylic acids is 1. The smallest absolute Gasteiger partial charge is 0.274 e. The molecule has 0 aliphatic carbocycles. The largest absolute Gasteiger partial charge is 0.482 e. The van der Waals surface area contributed by atoms with Gasteiger partial charge in [0, 0.05) is 12.1 Å². The number of amides is 1. The number of nitrogens with zero attached hydrogens (tertiary/aromatic N) is 1. The van der Waals surface area contributed by atoms with Crippen molar-refractivity contribution in [2.24, 2.45) is 0 Å². The number of anilines is 1. The first-order valence-corrected chi connectivity index (χ1v) is 12.0. The molecule has 0 aromatic heterocycles. The standard InChI is InChI=1S/C23H22ClN3O6S/c1-15-20(9-6-10-21(15)27(29)30)25-23(28)14-33-22-12-11-18(13-19(22)24)34(31,32)26-16(2)17-7-4-3-5-8-17/h3-13,16,26H,14H2,1-2H3,(H,25,28)/t16-/m0/s1. The maximum atomic E-state index is 12.7. The summed E-state index contributed by atoms with van der Waals surface area (Å²) in [7, 11) is -3.86. The molecular formula is C23H22ClN3O6S. The van der Waals surface area contributed by atoms with Crippen LogP contribution >= 0.6 is 11.6 Å². The van der Waals surface area contributed by atoms with Gasteiger partial charge in [-0.25, -0.2) is 13.1 Å². The van der Waals surface area contributed by atoms with Crippen molar-refractivity contribution in [2.75, 3.05) is 11.9 Å². The third kappa shape index (κ3) is 6.10. The van der Waals surface area contributed by atoms with Gasteiger partial charge in [-0.05, 0) is 43.7 Å². The molecular weight excluding hydrogens is 482 g/mol. The average molecular weight is 504 g/mol. The molecule has 11 heteroatoms. The summed E-state index contributed by atoms with van der Waals surface area (Å²) in [5.74, 6) is -0.447. The fourth-order valence-corrected chi connectivity index (χ4v) is 4.72. The maximum absolute atomic E-state index is 12.7. The number of benzene rings is 3. The van der Waals surface area contributed by atoms with Crippen LogP contribution in [-0.4, -0.2) is 25.9 Å². The Hall–Kier alpha value is -3.47. The Morgan fingerprint density at radius 2 is 1.82 bits per heavy atom. The van der Waals surface area contributed by atoms with Crippen LogP contribution in [0.2, 0.25) is 5.02 Å². The maximum Gasteiger partial charge on any atom is 0.274 e. The number of hydrogen-bond donors (Lipinski definition) is 2. The van der Waals surface area contributed by atoms with E-state index in [4.69, 9.17) is 16.3 Å². The number of carbonyl (C=O) groups is 1. The highest BCUT2D eigenvalue weighted by atomic mass is 35.5. The van der Waals surface area contributed by atoms with Gasteiger partial charge >= 0.3 is 0 Å². The molecule has 0 unspecified atom stereocenters. The van der Waals surface area contributed by atoms with Crippen LogP contribution in [0.15, 0.2) is 71.6 Å². The molecule has 0 heterocycles. The Balaban J connectivity index is 1.65. The number of ether oxygens (including phenoxy) is 1. The first-order chi connectivity index (χ1) is 16.1. The summed E-state index contributed by atoms with van der Waals surface area (Å²) in [6, 6.07) is 16.9. The van der Waals surface area contributed by atoms with Gasteiger partial charge in [-0.15, -0.1) is 0 Å². The minimum atomic E-state index is -3.86. The van der Waals surface area contributed by atoms with E-state index >= 15 is 0 Å². The molecule has 0 aliphatic heterocycles. The lowest BCUT2D eigenvalue weighted by Gasteiger charge is -2.15. The highest BCUT2D eigenvalue weighted by molar-refractivity contribution is 7.89. The third-order valence-electron chi connectivity index (χ3n) is 4.98. The van der Waals surface area contributed by atoms with Crippen molar-refractivity contribution >= 4 is 38.9 Å². The SMILES string of the molecule is Cc1c(NC(=O)COc2ccc(S(=O)(=O)N[C@@H](C)c3ccccc3)cc2Cl)cccc1[N+](=O)[O-]. The van der Waals surface area contributed by atoms with Crippen LogP contribution in [0, 0.1) is 17.0 Å². The van der Waals surface area contributed by atoms with Crippen LogP contribution in [0.4, 0.5) is 11.4 Å². The molecule has 0 radical (unpaired) electrons. The van der Waals surface area contributed by atoms with Crippen molar-refractivity contribution < 1.29 is 22.9 Å². The lowest BCUT2D eigenvalue weighted by atomic mass is 10.1. The molecule has 1 amide bonds. The third-order valence-corrected chi connectivity index (χ3v) is 6.81. The van der Waals surface area contributed by atoms with Gasteiger partial charge in [0.25, 0.3) is 11.6 Å². The molecule has 3 aromatic rings. The number of rotatable bonds is 9. The normalized spacial score (nSPS) is 12.1. The lowest BCUT2D eigenvalue weighted by molar-refractivity contribution is -0.385. The summed E-state index contributed by atoms with van der Waals surface area (Å²) in [5.41, 5.74) is 1.29. The van der Waals surface area contributed by atoms with E-state index in [1.165, 1.54) is 43.3 Å². The van der Waals surface area contributed by atoms with Crippen LogP contribution in [0.5, 0.6) is 5.75 Å². The van der Waals surface area contributed by atoms with Crippen LogP contribution in [0.25, 0.3) is 0 Å². The van der Waals surface area contributed by atoms with Crippen molar-refractivity contribution in [1.29, 1.82) is 0 Å². The van der Waals surface area contributed by atoms with Crippen LogP contribution < -0.4 is 14.8 Å². The second-order valence-electron chi connectivity index (χ2n) is 7.39. The van der Waals surface area contributed by atoms with E-state index in [1.807, 2.05) is 30.3 Å². The van der Waals surface area contributed by atoms with Gasteiger partial charge in [0.15, 0.2) is 6.61 Å². The molecule has 0 aliphatic rings. The molecule has 0 spiro atoms. The van der Waals surface area contributed by atoms with Gasteiger partial charge < -0.3 is 10.1 Å². The summed E-state index contributed by atoms with van der Waals surface area (Å²) in [5, 5.41) is 13.6. The molecule has 2 N–H and O–H groups in total. The molecule has 9 nitrogen and oxygen atoms in total. The minimum absolute atomic E-state index is 0.00886. The molecule has 1 atom stereocenters. The fraction of sp³-hybridized carbons (Fsp3) is 0.174. The van der Waals surface area contributed by atoms with E-state index in [2.05, 4.69) is 10.0 Å². The van der Waals surface area contributed by atoms with Gasteiger partial charge in [0.1, 0.15) is 5.75 Å². The number of halogens is 1. The Morgan fingerprint density at radius 1 is 1.12 bits per heavy atom. The zero-order valence-corrected chi connectivity index (χ0v) is 19.9. The van der Waals surface area contributed by atoms with Crippen molar-refractivity contribution in [1.82, 2.24) is 4.72 Å². The molecule has 3 rings (SSSR count). The molecule has 178 valence electrons. The van der Waals surface area contributed by atoms with Crippen molar-refractivity contribution in [3.05, 3.63) is 93.0 Å². The number of nitrogens with one attached hydrogen (secondary N) is 2. The van der Waals surface area contributed by atoms with Crippen molar-refractivity contribution in [3.8, 4) is 5.75 Å². The summed E-state index contributed by atoms with van der Waals surface area (Å²) in [4.78, 5) is 22.7. The highest BCUT2D eigenvalue weighted by Gasteiger charge is 2.20. The molecule has 0 bridgehead atoms. The number of nitro groups is 1. The second kappa shape index (κ2) is 10.6. The zero-order chi connectivity index (χ0) is 24.9. The van der Waals surface area contributed by atoms with E-state index < -0.39 is 33.5 Å². The fourth-order valence-electron chi connectivity index (χ4n) is 3.16. The lowest BCUT2D eigenvalue weighted by Crippen LogP contribution is -2.27. The first kappa shape index (κ1) is 25.2. The van der Waals surface area contributed by atoms with Crippen molar-refractivity contribution in [2.45, 2.75) is 24.8 Å². The Kier molecular flexibility index (Phi) is 7.87. The predicted molar refractivity (Wildman–Crippen MR) is 129 cm³/mol.